The number of hydrogen-bond donors (Lipinski definition) is 0. The van der Waals surface area contributed by atoms with Crippen LogP contribution in [0, 0.1) is 0 Å². The van der Waals surface area contributed by atoms with Crippen molar-refractivity contribution in [1.29, 1.82) is 0 Å². The Morgan fingerprint density at radius 2 is 1.94 bits per heavy atom. The van der Waals surface area contributed by atoms with Gasteiger partial charge in [-0.05, 0) is 31.4 Å². The Kier molecular flexibility index (Phi) is 4.74. The first kappa shape index (κ1) is 13.0. The number of piperidine rings is 1. The maximum atomic E-state index is 13.5. The fraction of sp³-hybridized carbons (Fsp3) is 0.417. The zero-order chi connectivity index (χ0) is 10.7. The van der Waals surface area contributed by atoms with Crippen LogP contribution in [0.4, 0.5) is 4.39 Å². The minimum absolute atomic E-state index is 0. The molecule has 1 aliphatic heterocycles. The largest absolute Gasteiger partial charge is 0.308 e. The van der Waals surface area contributed by atoms with Crippen LogP contribution in [0.1, 0.15) is 29.6 Å². The van der Waals surface area contributed by atoms with Gasteiger partial charge in [-0.2, -0.15) is 0 Å². The number of alkyl halides is 1. The number of likely N-dealkylation sites (tertiary alicyclic amines) is 1. The Morgan fingerprint density at radius 3 is 2.56 bits per heavy atom. The summed E-state index contributed by atoms with van der Waals surface area (Å²) in [7, 11) is 0. The average molecular weight is 244 g/mol. The number of rotatable bonds is 1. The summed E-state index contributed by atoms with van der Waals surface area (Å²) >= 11 is 0. The standard InChI is InChI=1S/C12H14FNO.ClH/c13-11-8-4-5-9-14(11)12(15)10-6-2-1-3-7-10;/h1-3,6-7,11H,4-5,8-9H2;1H. The molecule has 0 spiro atoms. The number of carbonyl (C=O) groups is 1. The highest BCUT2D eigenvalue weighted by Crippen LogP contribution is 2.20. The third kappa shape index (κ3) is 2.73. The van der Waals surface area contributed by atoms with Crippen LogP contribution in [0.3, 0.4) is 0 Å². The molecule has 2 rings (SSSR count). The second-order valence-corrected chi connectivity index (χ2v) is 3.79. The lowest BCUT2D eigenvalue weighted by Crippen LogP contribution is -2.41. The summed E-state index contributed by atoms with van der Waals surface area (Å²) in [6.45, 7) is 0.537. The molecule has 2 nitrogen and oxygen atoms in total. The fourth-order valence-electron chi connectivity index (χ4n) is 1.87. The van der Waals surface area contributed by atoms with E-state index in [1.165, 1.54) is 4.90 Å². The molecule has 1 heterocycles. The van der Waals surface area contributed by atoms with Gasteiger partial charge in [0.05, 0.1) is 0 Å². The van der Waals surface area contributed by atoms with E-state index in [4.69, 9.17) is 0 Å². The number of hydrogen-bond acceptors (Lipinski definition) is 1. The van der Waals surface area contributed by atoms with Crippen molar-refractivity contribution in [3.8, 4) is 0 Å². The van der Waals surface area contributed by atoms with E-state index in [0.29, 0.717) is 18.5 Å². The van der Waals surface area contributed by atoms with Gasteiger partial charge in [-0.3, -0.25) is 4.79 Å². The van der Waals surface area contributed by atoms with E-state index in [2.05, 4.69) is 0 Å². The zero-order valence-electron chi connectivity index (χ0n) is 8.93. The first-order valence-electron chi connectivity index (χ1n) is 5.29. The lowest BCUT2D eigenvalue weighted by molar-refractivity contribution is 0.0322. The van der Waals surface area contributed by atoms with Crippen LogP contribution in [-0.4, -0.2) is 23.6 Å². The van der Waals surface area contributed by atoms with Gasteiger partial charge in [0.1, 0.15) is 0 Å². The van der Waals surface area contributed by atoms with Gasteiger partial charge < -0.3 is 4.90 Å². The van der Waals surface area contributed by atoms with Crippen molar-refractivity contribution in [3.63, 3.8) is 0 Å². The van der Waals surface area contributed by atoms with Gasteiger partial charge in [0.25, 0.3) is 5.91 Å². The number of carbonyl (C=O) groups excluding carboxylic acids is 1. The lowest BCUT2D eigenvalue weighted by Gasteiger charge is -2.30. The smallest absolute Gasteiger partial charge is 0.256 e. The van der Waals surface area contributed by atoms with Gasteiger partial charge in [-0.1, -0.05) is 18.2 Å². The van der Waals surface area contributed by atoms with Gasteiger partial charge >= 0.3 is 0 Å². The maximum Gasteiger partial charge on any atom is 0.256 e. The van der Waals surface area contributed by atoms with Crippen LogP contribution in [-0.2, 0) is 0 Å². The minimum Gasteiger partial charge on any atom is -0.308 e. The van der Waals surface area contributed by atoms with Crippen molar-refractivity contribution in [2.75, 3.05) is 6.54 Å². The molecule has 1 fully saturated rings. The highest BCUT2D eigenvalue weighted by Gasteiger charge is 2.26. The molecule has 88 valence electrons. The van der Waals surface area contributed by atoms with Crippen molar-refractivity contribution in [1.82, 2.24) is 4.90 Å². The Bertz CT molecular complexity index is 344. The Morgan fingerprint density at radius 1 is 1.25 bits per heavy atom. The SMILES string of the molecule is Cl.O=C(c1ccccc1)N1CCCCC1F. The van der Waals surface area contributed by atoms with Gasteiger partial charge in [0, 0.05) is 12.1 Å². The van der Waals surface area contributed by atoms with E-state index in [1.807, 2.05) is 6.07 Å². The Labute approximate surface area is 101 Å². The van der Waals surface area contributed by atoms with Gasteiger partial charge in [-0.25, -0.2) is 4.39 Å². The van der Waals surface area contributed by atoms with Gasteiger partial charge in [0.15, 0.2) is 6.30 Å². The van der Waals surface area contributed by atoms with Crippen molar-refractivity contribution < 1.29 is 9.18 Å². The molecule has 1 unspecified atom stereocenters. The highest BCUT2D eigenvalue weighted by atomic mass is 35.5. The first-order chi connectivity index (χ1) is 7.29. The third-order valence-corrected chi connectivity index (χ3v) is 2.71. The van der Waals surface area contributed by atoms with Crippen LogP contribution in [0.2, 0.25) is 0 Å². The quantitative estimate of drug-likeness (QED) is 0.695. The third-order valence-electron chi connectivity index (χ3n) is 2.71. The number of halogens is 2. The summed E-state index contributed by atoms with van der Waals surface area (Å²) in [6.07, 6.45) is 1.14. The zero-order valence-corrected chi connectivity index (χ0v) is 9.75. The summed E-state index contributed by atoms with van der Waals surface area (Å²) in [5, 5.41) is 0. The number of amides is 1. The predicted molar refractivity (Wildman–Crippen MR) is 63.5 cm³/mol. The molecule has 0 aromatic heterocycles. The van der Waals surface area contributed by atoms with Crippen molar-refractivity contribution in [2.45, 2.75) is 25.6 Å². The molecule has 4 heteroatoms. The number of nitrogens with zero attached hydrogens (tertiary/aromatic N) is 1. The molecule has 1 amide bonds. The Hall–Kier alpha value is -1.09. The average Bonchev–Trinajstić information content (AvgIpc) is 2.30. The van der Waals surface area contributed by atoms with Crippen LogP contribution in [0.5, 0.6) is 0 Å². The van der Waals surface area contributed by atoms with E-state index in [9.17, 15) is 9.18 Å². The molecule has 1 aromatic rings. The monoisotopic (exact) mass is 243 g/mol. The molecule has 16 heavy (non-hydrogen) atoms. The maximum absolute atomic E-state index is 13.5. The normalized spacial score (nSPS) is 20.1. The fourth-order valence-corrected chi connectivity index (χ4v) is 1.87. The molecule has 1 atom stereocenters. The van der Waals surface area contributed by atoms with Crippen molar-refractivity contribution in [3.05, 3.63) is 35.9 Å². The van der Waals surface area contributed by atoms with E-state index < -0.39 is 6.30 Å². The predicted octanol–water partition coefficient (Wildman–Crippen LogP) is 3.03. The first-order valence-corrected chi connectivity index (χ1v) is 5.29. The second kappa shape index (κ2) is 5.85. The van der Waals surface area contributed by atoms with Gasteiger partial charge in [0.2, 0.25) is 0 Å². The molecule has 0 bridgehead atoms. The molecule has 0 radical (unpaired) electrons. The molecular weight excluding hydrogens is 229 g/mol. The summed E-state index contributed by atoms with van der Waals surface area (Å²) in [5.41, 5.74) is 0.571. The summed E-state index contributed by atoms with van der Waals surface area (Å²) < 4.78 is 13.5. The molecule has 0 saturated carbocycles. The molecule has 1 saturated heterocycles. The topological polar surface area (TPSA) is 20.3 Å². The van der Waals surface area contributed by atoms with Crippen LogP contribution in [0.15, 0.2) is 30.3 Å². The van der Waals surface area contributed by atoms with Crippen LogP contribution < -0.4 is 0 Å². The molecule has 0 aliphatic carbocycles. The van der Waals surface area contributed by atoms with Crippen LogP contribution in [0.25, 0.3) is 0 Å². The summed E-state index contributed by atoms with van der Waals surface area (Å²) in [4.78, 5) is 13.2. The van der Waals surface area contributed by atoms with E-state index in [-0.39, 0.29) is 18.3 Å². The lowest BCUT2D eigenvalue weighted by atomic mass is 10.1. The molecule has 0 N–H and O–H groups in total. The summed E-state index contributed by atoms with van der Waals surface area (Å²) in [6, 6.07) is 8.89. The van der Waals surface area contributed by atoms with Crippen molar-refractivity contribution in [2.24, 2.45) is 0 Å². The second-order valence-electron chi connectivity index (χ2n) is 3.79. The molecule has 1 aromatic carbocycles. The molecular formula is C12H15ClFNO. The highest BCUT2D eigenvalue weighted by molar-refractivity contribution is 5.94. The van der Waals surface area contributed by atoms with E-state index in [1.54, 1.807) is 24.3 Å². The van der Waals surface area contributed by atoms with Gasteiger partial charge in [-0.15, -0.1) is 12.4 Å². The summed E-state index contributed by atoms with van der Waals surface area (Å²) in [5.74, 6) is -0.192. The van der Waals surface area contributed by atoms with E-state index >= 15 is 0 Å². The van der Waals surface area contributed by atoms with E-state index in [0.717, 1.165) is 12.8 Å². The minimum atomic E-state index is -1.11. The van der Waals surface area contributed by atoms with Crippen LogP contribution >= 0.6 is 12.4 Å². The number of benzene rings is 1. The Balaban J connectivity index is 0.00000128. The molecule has 1 aliphatic rings. The van der Waals surface area contributed by atoms with Crippen molar-refractivity contribution >= 4 is 18.3 Å².